The Morgan fingerprint density at radius 2 is 2.20 bits per heavy atom. The zero-order chi connectivity index (χ0) is 11.5. The number of hydrogen-bond donors (Lipinski definition) is 1. The second kappa shape index (κ2) is 4.70. The summed E-state index contributed by atoms with van der Waals surface area (Å²) >= 11 is 5.62. The van der Waals surface area contributed by atoms with Crippen LogP contribution in [-0.2, 0) is 6.18 Å². The lowest BCUT2D eigenvalue weighted by molar-refractivity contribution is -0.137. The summed E-state index contributed by atoms with van der Waals surface area (Å²) in [4.78, 5) is 3.63. The van der Waals surface area contributed by atoms with Crippen molar-refractivity contribution >= 4 is 17.4 Å². The minimum absolute atomic E-state index is 0.183. The van der Waals surface area contributed by atoms with Gasteiger partial charge in [0.25, 0.3) is 0 Å². The van der Waals surface area contributed by atoms with Crippen molar-refractivity contribution in [1.82, 2.24) is 4.98 Å². The van der Waals surface area contributed by atoms with E-state index in [1.807, 2.05) is 0 Å². The van der Waals surface area contributed by atoms with E-state index in [9.17, 15) is 13.2 Å². The molecule has 84 valence electrons. The molecule has 15 heavy (non-hydrogen) atoms. The Morgan fingerprint density at radius 1 is 1.53 bits per heavy atom. The van der Waals surface area contributed by atoms with Crippen molar-refractivity contribution in [3.8, 4) is 0 Å². The minimum Gasteiger partial charge on any atom is -0.368 e. The molecule has 1 aromatic rings. The molecule has 0 aliphatic carbocycles. The molecule has 1 aromatic heterocycles. The van der Waals surface area contributed by atoms with Crippen molar-refractivity contribution < 1.29 is 13.2 Å². The average Bonchev–Trinajstić information content (AvgIpc) is 2.13. The summed E-state index contributed by atoms with van der Waals surface area (Å²) in [5.41, 5.74) is -0.776. The average molecular weight is 239 g/mol. The van der Waals surface area contributed by atoms with Gasteiger partial charge in [0.1, 0.15) is 5.82 Å². The van der Waals surface area contributed by atoms with Crippen molar-refractivity contribution in [2.24, 2.45) is 0 Å². The molecule has 0 aromatic carbocycles. The van der Waals surface area contributed by atoms with Gasteiger partial charge in [-0.1, -0.05) is 0 Å². The van der Waals surface area contributed by atoms with Gasteiger partial charge >= 0.3 is 6.18 Å². The van der Waals surface area contributed by atoms with E-state index in [0.717, 1.165) is 6.07 Å². The SMILES string of the molecule is CC(Cl)CNc1ncccc1C(F)(F)F. The fraction of sp³-hybridized carbons (Fsp3) is 0.444. The standard InChI is InChI=1S/C9H10ClF3N2/c1-6(10)5-15-8-7(9(11,12)13)3-2-4-14-8/h2-4,6H,5H2,1H3,(H,14,15). The number of halogens is 4. The highest BCUT2D eigenvalue weighted by atomic mass is 35.5. The molecule has 6 heteroatoms. The summed E-state index contributed by atoms with van der Waals surface area (Å²) < 4.78 is 37.4. The first-order valence-corrected chi connectivity index (χ1v) is 4.75. The van der Waals surface area contributed by atoms with E-state index in [0.29, 0.717) is 0 Å². The highest BCUT2D eigenvalue weighted by molar-refractivity contribution is 6.20. The van der Waals surface area contributed by atoms with E-state index in [1.54, 1.807) is 6.92 Å². The molecule has 1 heterocycles. The van der Waals surface area contributed by atoms with Crippen LogP contribution in [0.1, 0.15) is 12.5 Å². The van der Waals surface area contributed by atoms with Gasteiger partial charge in [-0.2, -0.15) is 13.2 Å². The number of aromatic nitrogens is 1. The fourth-order valence-electron chi connectivity index (χ4n) is 1.01. The number of hydrogen-bond acceptors (Lipinski definition) is 2. The van der Waals surface area contributed by atoms with E-state index in [2.05, 4.69) is 10.3 Å². The molecule has 0 aliphatic rings. The highest BCUT2D eigenvalue weighted by Crippen LogP contribution is 2.33. The largest absolute Gasteiger partial charge is 0.419 e. The summed E-state index contributed by atoms with van der Waals surface area (Å²) in [6.45, 7) is 1.92. The molecule has 0 saturated heterocycles. The van der Waals surface area contributed by atoms with Gasteiger partial charge in [-0.15, -0.1) is 11.6 Å². The van der Waals surface area contributed by atoms with Gasteiger partial charge in [0.2, 0.25) is 0 Å². The van der Waals surface area contributed by atoms with Gasteiger partial charge in [-0.3, -0.25) is 0 Å². The van der Waals surface area contributed by atoms with Crippen molar-refractivity contribution in [1.29, 1.82) is 0 Å². The highest BCUT2D eigenvalue weighted by Gasteiger charge is 2.33. The van der Waals surface area contributed by atoms with Crippen LogP contribution in [0.15, 0.2) is 18.3 Å². The van der Waals surface area contributed by atoms with Gasteiger partial charge in [0.05, 0.1) is 5.56 Å². The molecular formula is C9H10ClF3N2. The Kier molecular flexibility index (Phi) is 3.79. The summed E-state index contributed by atoms with van der Waals surface area (Å²) in [6, 6.07) is 2.23. The molecule has 0 amide bonds. The molecule has 1 atom stereocenters. The first-order valence-electron chi connectivity index (χ1n) is 4.31. The monoisotopic (exact) mass is 238 g/mol. The molecule has 0 spiro atoms. The number of nitrogens with zero attached hydrogens (tertiary/aromatic N) is 1. The van der Waals surface area contributed by atoms with E-state index < -0.39 is 11.7 Å². The van der Waals surface area contributed by atoms with Crippen LogP contribution >= 0.6 is 11.6 Å². The summed E-state index contributed by atoms with van der Waals surface area (Å²) in [5.74, 6) is -0.183. The van der Waals surface area contributed by atoms with Gasteiger partial charge in [-0.05, 0) is 19.1 Å². The van der Waals surface area contributed by atoms with Crippen molar-refractivity contribution in [2.45, 2.75) is 18.5 Å². The van der Waals surface area contributed by atoms with Gasteiger partial charge in [0.15, 0.2) is 0 Å². The van der Waals surface area contributed by atoms with Gasteiger partial charge < -0.3 is 5.32 Å². The maximum atomic E-state index is 12.5. The summed E-state index contributed by atoms with van der Waals surface area (Å²) in [6.07, 6.45) is -3.09. The molecule has 0 aliphatic heterocycles. The van der Waals surface area contributed by atoms with Crippen molar-refractivity contribution in [3.05, 3.63) is 23.9 Å². The van der Waals surface area contributed by atoms with Crippen molar-refractivity contribution in [2.75, 3.05) is 11.9 Å². The van der Waals surface area contributed by atoms with E-state index >= 15 is 0 Å². The van der Waals surface area contributed by atoms with Gasteiger partial charge in [-0.25, -0.2) is 4.98 Å². The first-order chi connectivity index (χ1) is 6.91. The Balaban J connectivity index is 2.87. The lowest BCUT2D eigenvalue weighted by Gasteiger charge is -2.13. The Bertz CT molecular complexity index is 325. The predicted octanol–water partition coefficient (Wildman–Crippen LogP) is 3.14. The molecule has 0 radical (unpaired) electrons. The molecule has 0 bridgehead atoms. The molecular weight excluding hydrogens is 229 g/mol. The zero-order valence-electron chi connectivity index (χ0n) is 7.98. The summed E-state index contributed by atoms with van der Waals surface area (Å²) in [5, 5.41) is 2.30. The van der Waals surface area contributed by atoms with Crippen LogP contribution in [0, 0.1) is 0 Å². The third kappa shape index (κ3) is 3.58. The topological polar surface area (TPSA) is 24.9 Å². The quantitative estimate of drug-likeness (QED) is 0.819. The number of pyridine rings is 1. The molecule has 0 saturated carbocycles. The Morgan fingerprint density at radius 3 is 2.73 bits per heavy atom. The third-order valence-corrected chi connectivity index (χ3v) is 1.82. The molecule has 1 unspecified atom stereocenters. The smallest absolute Gasteiger partial charge is 0.368 e. The van der Waals surface area contributed by atoms with Crippen LogP contribution < -0.4 is 5.32 Å². The second-order valence-corrected chi connectivity index (χ2v) is 3.80. The summed E-state index contributed by atoms with van der Waals surface area (Å²) in [7, 11) is 0. The molecule has 1 rings (SSSR count). The third-order valence-electron chi connectivity index (χ3n) is 1.66. The van der Waals surface area contributed by atoms with Crippen LogP contribution in [0.5, 0.6) is 0 Å². The number of nitrogens with one attached hydrogen (secondary N) is 1. The van der Waals surface area contributed by atoms with Crippen LogP contribution in [0.2, 0.25) is 0 Å². The first kappa shape index (κ1) is 12.1. The van der Waals surface area contributed by atoms with Crippen LogP contribution in [0.4, 0.5) is 19.0 Å². The normalized spacial score (nSPS) is 13.7. The number of anilines is 1. The molecule has 2 nitrogen and oxygen atoms in total. The maximum absolute atomic E-state index is 12.5. The Hall–Kier alpha value is -0.970. The van der Waals surface area contributed by atoms with Gasteiger partial charge in [0, 0.05) is 18.1 Å². The Labute approximate surface area is 90.5 Å². The molecule has 0 fully saturated rings. The minimum atomic E-state index is -4.40. The van der Waals surface area contributed by atoms with E-state index in [4.69, 9.17) is 11.6 Å². The lowest BCUT2D eigenvalue weighted by Crippen LogP contribution is -2.16. The van der Waals surface area contributed by atoms with Crippen LogP contribution in [0.25, 0.3) is 0 Å². The predicted molar refractivity (Wildman–Crippen MR) is 53.0 cm³/mol. The zero-order valence-corrected chi connectivity index (χ0v) is 8.73. The van der Waals surface area contributed by atoms with E-state index in [-0.39, 0.29) is 17.7 Å². The maximum Gasteiger partial charge on any atom is 0.419 e. The van der Waals surface area contributed by atoms with Crippen molar-refractivity contribution in [3.63, 3.8) is 0 Å². The number of alkyl halides is 4. The second-order valence-electron chi connectivity index (χ2n) is 3.06. The fourth-order valence-corrected chi connectivity index (χ4v) is 1.09. The number of rotatable bonds is 3. The lowest BCUT2D eigenvalue weighted by atomic mass is 10.2. The van der Waals surface area contributed by atoms with Crippen LogP contribution in [-0.4, -0.2) is 16.9 Å². The molecule has 1 N–H and O–H groups in total. The van der Waals surface area contributed by atoms with Crippen LogP contribution in [0.3, 0.4) is 0 Å². The van der Waals surface area contributed by atoms with E-state index in [1.165, 1.54) is 12.3 Å².